The zero-order valence-electron chi connectivity index (χ0n) is 17.9. The molecule has 0 aromatic heterocycles. The van der Waals surface area contributed by atoms with Gasteiger partial charge in [-0.1, -0.05) is 34.1 Å². The number of unbranched alkanes of at least 4 members (excludes halogenated alkanes) is 1. The fourth-order valence-electron chi connectivity index (χ4n) is 1.99. The van der Waals surface area contributed by atoms with E-state index in [0.717, 1.165) is 0 Å². The van der Waals surface area contributed by atoms with Gasteiger partial charge in [-0.3, -0.25) is 4.79 Å². The van der Waals surface area contributed by atoms with Gasteiger partial charge < -0.3 is 19.5 Å². The van der Waals surface area contributed by atoms with Gasteiger partial charge in [-0.25, -0.2) is 9.59 Å². The normalized spacial score (nSPS) is 14.4. The number of nitrogens with one attached hydrogen (secondary N) is 1. The zero-order valence-corrected chi connectivity index (χ0v) is 17.9. The third kappa shape index (κ3) is 11.5. The van der Waals surface area contributed by atoms with Crippen molar-refractivity contribution in [3.63, 3.8) is 0 Å². The topological polar surface area (TPSA) is 90.9 Å². The molecule has 0 fully saturated rings. The molecule has 0 aliphatic carbocycles. The lowest BCUT2D eigenvalue weighted by Crippen LogP contribution is -2.43. The highest BCUT2D eigenvalue weighted by Gasteiger charge is 2.25. The van der Waals surface area contributed by atoms with Crippen molar-refractivity contribution in [2.45, 2.75) is 92.4 Å². The van der Waals surface area contributed by atoms with Crippen molar-refractivity contribution in [1.29, 1.82) is 0 Å². The molecule has 158 valence electrons. The summed E-state index contributed by atoms with van der Waals surface area (Å²) in [7, 11) is 0. The van der Waals surface area contributed by atoms with Crippen LogP contribution in [0.1, 0.15) is 74.1 Å². The lowest BCUT2D eigenvalue weighted by Gasteiger charge is -2.22. The van der Waals surface area contributed by atoms with Gasteiger partial charge in [-0.15, -0.1) is 0 Å². The molecule has 3 atom stereocenters. The summed E-state index contributed by atoms with van der Waals surface area (Å²) < 4.78 is 15.6. The summed E-state index contributed by atoms with van der Waals surface area (Å²) in [5.74, 6) is -0.290. The standard InChI is InChI=1S/C20H37NO6/c1-8-25-20(24)21-17(19(23)27-16(7)14(4)5)11-9-10-12-18(22)26-15(6)13(2)3/h13-17H,8-12H2,1-7H3,(H,21,24)/t15-,16-,17?/m0/s1. The summed E-state index contributed by atoms with van der Waals surface area (Å²) in [4.78, 5) is 35.9. The number of hydrogen-bond acceptors (Lipinski definition) is 6. The minimum atomic E-state index is -0.796. The number of amides is 1. The first-order chi connectivity index (χ1) is 12.6. The van der Waals surface area contributed by atoms with Gasteiger partial charge in [-0.2, -0.15) is 0 Å². The van der Waals surface area contributed by atoms with Crippen LogP contribution in [0.4, 0.5) is 4.79 Å². The molecule has 0 saturated carbocycles. The van der Waals surface area contributed by atoms with Crippen molar-refractivity contribution in [2.75, 3.05) is 6.61 Å². The Morgan fingerprint density at radius 1 is 0.852 bits per heavy atom. The van der Waals surface area contributed by atoms with Crippen molar-refractivity contribution in [2.24, 2.45) is 11.8 Å². The van der Waals surface area contributed by atoms with Gasteiger partial charge in [0.2, 0.25) is 0 Å². The lowest BCUT2D eigenvalue weighted by molar-refractivity contribution is -0.152. The zero-order chi connectivity index (χ0) is 21.0. The first-order valence-corrected chi connectivity index (χ1v) is 9.91. The van der Waals surface area contributed by atoms with Crippen LogP contribution < -0.4 is 5.32 Å². The minimum Gasteiger partial charge on any atom is -0.462 e. The third-order valence-electron chi connectivity index (χ3n) is 4.47. The molecule has 0 rings (SSSR count). The second-order valence-corrected chi connectivity index (χ2v) is 7.49. The fourth-order valence-corrected chi connectivity index (χ4v) is 1.99. The highest BCUT2D eigenvalue weighted by Crippen LogP contribution is 2.12. The molecule has 27 heavy (non-hydrogen) atoms. The van der Waals surface area contributed by atoms with E-state index in [0.29, 0.717) is 19.3 Å². The molecule has 0 aromatic carbocycles. The van der Waals surface area contributed by atoms with Gasteiger partial charge in [0.15, 0.2) is 0 Å². The molecule has 0 bridgehead atoms. The molecule has 0 heterocycles. The molecule has 1 N–H and O–H groups in total. The maximum Gasteiger partial charge on any atom is 0.407 e. The van der Waals surface area contributed by atoms with Crippen LogP contribution in [-0.4, -0.2) is 42.9 Å². The average molecular weight is 388 g/mol. The summed E-state index contributed by atoms with van der Waals surface area (Å²) in [6.45, 7) is 13.5. The van der Waals surface area contributed by atoms with Crippen molar-refractivity contribution in [1.82, 2.24) is 5.32 Å². The highest BCUT2D eigenvalue weighted by molar-refractivity contribution is 5.81. The predicted molar refractivity (Wildman–Crippen MR) is 103 cm³/mol. The summed E-state index contributed by atoms with van der Waals surface area (Å²) in [6, 6.07) is -0.796. The molecular formula is C20H37NO6. The van der Waals surface area contributed by atoms with Gasteiger partial charge >= 0.3 is 18.0 Å². The Morgan fingerprint density at radius 2 is 1.41 bits per heavy atom. The Labute approximate surface area is 163 Å². The molecule has 0 aliphatic rings. The van der Waals surface area contributed by atoms with Crippen LogP contribution in [0, 0.1) is 11.8 Å². The highest BCUT2D eigenvalue weighted by atomic mass is 16.6. The maximum absolute atomic E-state index is 12.4. The van der Waals surface area contributed by atoms with E-state index in [1.54, 1.807) is 6.92 Å². The van der Waals surface area contributed by atoms with Crippen molar-refractivity contribution < 1.29 is 28.6 Å². The number of rotatable bonds is 12. The van der Waals surface area contributed by atoms with Crippen molar-refractivity contribution in [3.05, 3.63) is 0 Å². The van der Waals surface area contributed by atoms with Crippen LogP contribution in [-0.2, 0) is 23.8 Å². The SMILES string of the molecule is CCOC(=O)NC(CCCCC(=O)O[C@@H](C)C(C)C)C(=O)O[C@@H](C)C(C)C. The molecule has 0 radical (unpaired) electrons. The van der Waals surface area contributed by atoms with Crippen molar-refractivity contribution in [3.8, 4) is 0 Å². The second kappa shape index (κ2) is 13.4. The maximum atomic E-state index is 12.4. The summed E-state index contributed by atoms with van der Waals surface area (Å²) in [6.07, 6.45) is 0.766. The van der Waals surface area contributed by atoms with Gasteiger partial charge in [0.25, 0.3) is 0 Å². The van der Waals surface area contributed by atoms with E-state index in [1.165, 1.54) is 0 Å². The van der Waals surface area contributed by atoms with Crippen LogP contribution in [0.25, 0.3) is 0 Å². The van der Waals surface area contributed by atoms with E-state index >= 15 is 0 Å². The smallest absolute Gasteiger partial charge is 0.407 e. The number of hydrogen-bond donors (Lipinski definition) is 1. The van der Waals surface area contributed by atoms with Crippen LogP contribution >= 0.6 is 0 Å². The molecule has 1 amide bonds. The number of ether oxygens (including phenoxy) is 3. The monoisotopic (exact) mass is 387 g/mol. The third-order valence-corrected chi connectivity index (χ3v) is 4.47. The first-order valence-electron chi connectivity index (χ1n) is 9.91. The number of alkyl carbamates (subject to hydrolysis) is 1. The van der Waals surface area contributed by atoms with E-state index in [9.17, 15) is 14.4 Å². The largest absolute Gasteiger partial charge is 0.462 e. The van der Waals surface area contributed by atoms with E-state index in [1.807, 2.05) is 41.5 Å². The average Bonchev–Trinajstić information content (AvgIpc) is 2.57. The van der Waals surface area contributed by atoms with Gasteiger partial charge in [-0.05, 0) is 45.4 Å². The Balaban J connectivity index is 4.52. The summed E-state index contributed by atoms with van der Waals surface area (Å²) in [5, 5.41) is 2.55. The molecule has 0 aromatic rings. The first kappa shape index (κ1) is 25.2. The summed E-state index contributed by atoms with van der Waals surface area (Å²) in [5.41, 5.74) is 0. The van der Waals surface area contributed by atoms with E-state index < -0.39 is 18.1 Å². The Bertz CT molecular complexity index is 463. The van der Waals surface area contributed by atoms with Crippen LogP contribution in [0.3, 0.4) is 0 Å². The molecule has 0 spiro atoms. The second-order valence-electron chi connectivity index (χ2n) is 7.49. The predicted octanol–water partition coefficient (Wildman–Crippen LogP) is 3.84. The molecule has 1 unspecified atom stereocenters. The Kier molecular flexibility index (Phi) is 12.5. The molecular weight excluding hydrogens is 350 g/mol. The molecule has 7 nitrogen and oxygen atoms in total. The number of esters is 2. The lowest BCUT2D eigenvalue weighted by atomic mass is 10.1. The van der Waals surface area contributed by atoms with Crippen molar-refractivity contribution >= 4 is 18.0 Å². The van der Waals surface area contributed by atoms with Gasteiger partial charge in [0, 0.05) is 6.42 Å². The van der Waals surface area contributed by atoms with Crippen LogP contribution in [0.15, 0.2) is 0 Å². The number of carbonyl (C=O) groups is 3. The van der Waals surface area contributed by atoms with E-state index in [4.69, 9.17) is 14.2 Å². The van der Waals surface area contributed by atoms with Crippen LogP contribution in [0.5, 0.6) is 0 Å². The molecule has 0 aliphatic heterocycles. The fraction of sp³-hybridized carbons (Fsp3) is 0.850. The van der Waals surface area contributed by atoms with E-state index in [-0.39, 0.29) is 43.0 Å². The van der Waals surface area contributed by atoms with E-state index in [2.05, 4.69) is 5.32 Å². The minimum absolute atomic E-state index is 0.122. The quantitative estimate of drug-likeness (QED) is 0.311. The number of carbonyl (C=O) groups excluding carboxylic acids is 3. The van der Waals surface area contributed by atoms with Gasteiger partial charge in [0.1, 0.15) is 18.2 Å². The van der Waals surface area contributed by atoms with Gasteiger partial charge in [0.05, 0.1) is 6.61 Å². The molecule has 0 saturated heterocycles. The Hall–Kier alpha value is -1.79. The van der Waals surface area contributed by atoms with Crippen LogP contribution in [0.2, 0.25) is 0 Å². The summed E-state index contributed by atoms with van der Waals surface area (Å²) >= 11 is 0. The molecule has 7 heteroatoms. The Morgan fingerprint density at radius 3 is 1.93 bits per heavy atom.